The summed E-state index contributed by atoms with van der Waals surface area (Å²) in [5.41, 5.74) is 5.69. The first-order valence-electron chi connectivity index (χ1n) is 8.90. The molecule has 2 aromatic rings. The summed E-state index contributed by atoms with van der Waals surface area (Å²) in [5.74, 6) is -0.901. The molecule has 0 aliphatic heterocycles. The topological polar surface area (TPSA) is 49.3 Å². The minimum atomic E-state index is -0.901. The van der Waals surface area contributed by atoms with E-state index in [1.807, 2.05) is 6.07 Å². The van der Waals surface area contributed by atoms with Gasteiger partial charge in [-0.15, -0.1) is 0 Å². The Bertz CT molecular complexity index is 805. The summed E-state index contributed by atoms with van der Waals surface area (Å²) in [5, 5.41) is 12.5. The highest BCUT2D eigenvalue weighted by Crippen LogP contribution is 2.45. The fourth-order valence-corrected chi connectivity index (χ4v) is 3.71. The molecule has 0 atom stereocenters. The van der Waals surface area contributed by atoms with Gasteiger partial charge in [-0.3, -0.25) is 0 Å². The maximum absolute atomic E-state index is 11.1. The van der Waals surface area contributed by atoms with Crippen LogP contribution in [-0.4, -0.2) is 11.1 Å². The number of rotatable bonds is 4. The van der Waals surface area contributed by atoms with Crippen molar-refractivity contribution in [3.8, 4) is 0 Å². The van der Waals surface area contributed by atoms with Crippen molar-refractivity contribution in [2.75, 3.05) is 5.32 Å². The molecule has 25 heavy (non-hydrogen) atoms. The van der Waals surface area contributed by atoms with Crippen molar-refractivity contribution in [3.05, 3.63) is 64.7 Å². The van der Waals surface area contributed by atoms with Gasteiger partial charge in [0.25, 0.3) is 0 Å². The van der Waals surface area contributed by atoms with Crippen LogP contribution < -0.4 is 5.32 Å². The van der Waals surface area contributed by atoms with Gasteiger partial charge in [0.2, 0.25) is 0 Å². The lowest BCUT2D eigenvalue weighted by Gasteiger charge is -2.42. The van der Waals surface area contributed by atoms with Crippen LogP contribution in [0.4, 0.5) is 5.69 Å². The van der Waals surface area contributed by atoms with Crippen molar-refractivity contribution in [3.63, 3.8) is 0 Å². The molecule has 0 heterocycles. The van der Waals surface area contributed by atoms with Crippen LogP contribution in [0.3, 0.4) is 0 Å². The standard InChI is InChI=1S/C22H27NO2/c1-21(2)10-11-22(3,4)19-12-15(8-9-18(19)21)14-23-17-7-5-6-16(13-17)20(24)25/h5-9,12-13,23H,10-11,14H2,1-4H3,(H,24,25). The third kappa shape index (κ3) is 3.55. The lowest BCUT2D eigenvalue weighted by molar-refractivity contribution is 0.0697. The second-order valence-corrected chi connectivity index (χ2v) is 8.39. The zero-order chi connectivity index (χ0) is 18.2. The van der Waals surface area contributed by atoms with Crippen LogP contribution >= 0.6 is 0 Å². The van der Waals surface area contributed by atoms with E-state index in [1.165, 1.54) is 29.5 Å². The van der Waals surface area contributed by atoms with E-state index in [2.05, 4.69) is 51.2 Å². The second-order valence-electron chi connectivity index (χ2n) is 8.39. The van der Waals surface area contributed by atoms with E-state index < -0.39 is 5.97 Å². The predicted octanol–water partition coefficient (Wildman–Crippen LogP) is 5.35. The summed E-state index contributed by atoms with van der Waals surface area (Å²) in [4.78, 5) is 11.1. The largest absolute Gasteiger partial charge is 0.478 e. The molecule has 2 N–H and O–H groups in total. The van der Waals surface area contributed by atoms with Crippen molar-refractivity contribution in [1.82, 2.24) is 0 Å². The molecule has 3 rings (SSSR count). The molecule has 0 radical (unpaired) electrons. The molecule has 0 fully saturated rings. The minimum absolute atomic E-state index is 0.198. The highest BCUT2D eigenvalue weighted by Gasteiger charge is 2.36. The Morgan fingerprint density at radius 3 is 2.36 bits per heavy atom. The van der Waals surface area contributed by atoms with Gasteiger partial charge >= 0.3 is 5.97 Å². The lowest BCUT2D eigenvalue weighted by Crippen LogP contribution is -2.33. The van der Waals surface area contributed by atoms with Gasteiger partial charge in [-0.1, -0.05) is 52.0 Å². The Morgan fingerprint density at radius 2 is 1.68 bits per heavy atom. The smallest absolute Gasteiger partial charge is 0.335 e. The molecule has 3 heteroatoms. The average Bonchev–Trinajstić information content (AvgIpc) is 2.57. The average molecular weight is 337 g/mol. The fourth-order valence-electron chi connectivity index (χ4n) is 3.71. The van der Waals surface area contributed by atoms with Crippen LogP contribution in [0, 0.1) is 0 Å². The van der Waals surface area contributed by atoms with E-state index in [4.69, 9.17) is 5.11 Å². The summed E-state index contributed by atoms with van der Waals surface area (Å²) in [6.07, 6.45) is 2.41. The number of hydrogen-bond acceptors (Lipinski definition) is 2. The van der Waals surface area contributed by atoms with Gasteiger partial charge < -0.3 is 10.4 Å². The number of carboxylic acid groups (broad SMARTS) is 1. The van der Waals surface area contributed by atoms with Gasteiger partial charge in [-0.05, 0) is 58.6 Å². The Kier molecular flexibility index (Phi) is 4.36. The lowest BCUT2D eigenvalue weighted by atomic mass is 9.63. The molecular formula is C22H27NO2. The third-order valence-electron chi connectivity index (χ3n) is 5.52. The van der Waals surface area contributed by atoms with Crippen molar-refractivity contribution < 1.29 is 9.90 Å². The van der Waals surface area contributed by atoms with E-state index in [9.17, 15) is 4.79 Å². The van der Waals surface area contributed by atoms with Gasteiger partial charge in [-0.25, -0.2) is 4.79 Å². The normalized spacial score (nSPS) is 17.6. The number of fused-ring (bicyclic) bond motifs is 1. The zero-order valence-electron chi connectivity index (χ0n) is 15.5. The molecular weight excluding hydrogens is 310 g/mol. The summed E-state index contributed by atoms with van der Waals surface area (Å²) in [7, 11) is 0. The minimum Gasteiger partial charge on any atom is -0.478 e. The van der Waals surface area contributed by atoms with Gasteiger partial charge in [-0.2, -0.15) is 0 Å². The monoisotopic (exact) mass is 337 g/mol. The second kappa shape index (κ2) is 6.21. The molecule has 0 saturated heterocycles. The Balaban J connectivity index is 1.83. The molecule has 0 aromatic heterocycles. The van der Waals surface area contributed by atoms with Gasteiger partial charge in [0, 0.05) is 12.2 Å². The number of carboxylic acids is 1. The summed E-state index contributed by atoms with van der Waals surface area (Å²) in [6.45, 7) is 10.0. The number of aromatic carboxylic acids is 1. The first-order chi connectivity index (χ1) is 11.7. The zero-order valence-corrected chi connectivity index (χ0v) is 15.5. The first kappa shape index (κ1) is 17.5. The van der Waals surface area contributed by atoms with Crippen LogP contribution in [0.2, 0.25) is 0 Å². The molecule has 2 aromatic carbocycles. The molecule has 132 valence electrons. The number of anilines is 1. The van der Waals surface area contributed by atoms with Gasteiger partial charge in [0.05, 0.1) is 5.56 Å². The fraction of sp³-hybridized carbons (Fsp3) is 0.409. The molecule has 3 nitrogen and oxygen atoms in total. The Morgan fingerprint density at radius 1 is 1.00 bits per heavy atom. The van der Waals surface area contributed by atoms with Crippen molar-refractivity contribution in [1.29, 1.82) is 0 Å². The van der Waals surface area contributed by atoms with Crippen molar-refractivity contribution in [2.24, 2.45) is 0 Å². The Labute approximate surface area is 150 Å². The maximum Gasteiger partial charge on any atom is 0.335 e. The highest BCUT2D eigenvalue weighted by atomic mass is 16.4. The van der Waals surface area contributed by atoms with Crippen LogP contribution in [-0.2, 0) is 17.4 Å². The van der Waals surface area contributed by atoms with E-state index >= 15 is 0 Å². The van der Waals surface area contributed by atoms with Gasteiger partial charge in [0.15, 0.2) is 0 Å². The van der Waals surface area contributed by atoms with Crippen LogP contribution in [0.25, 0.3) is 0 Å². The van der Waals surface area contributed by atoms with Crippen molar-refractivity contribution in [2.45, 2.75) is 57.9 Å². The maximum atomic E-state index is 11.1. The molecule has 0 spiro atoms. The molecule has 0 unspecified atom stereocenters. The van der Waals surface area contributed by atoms with Crippen LogP contribution in [0.5, 0.6) is 0 Å². The van der Waals surface area contributed by atoms with E-state index in [-0.39, 0.29) is 10.8 Å². The Hall–Kier alpha value is -2.29. The van der Waals surface area contributed by atoms with E-state index in [1.54, 1.807) is 18.2 Å². The quantitative estimate of drug-likeness (QED) is 0.791. The summed E-state index contributed by atoms with van der Waals surface area (Å²) < 4.78 is 0. The van der Waals surface area contributed by atoms with Crippen LogP contribution in [0.1, 0.15) is 67.6 Å². The summed E-state index contributed by atoms with van der Waals surface area (Å²) in [6, 6.07) is 13.7. The molecule has 0 bridgehead atoms. The SMILES string of the molecule is CC1(C)CCC(C)(C)c2cc(CNc3cccc(C(=O)O)c3)ccc21. The number of benzene rings is 2. The predicted molar refractivity (Wildman–Crippen MR) is 102 cm³/mol. The first-order valence-corrected chi connectivity index (χ1v) is 8.90. The third-order valence-corrected chi connectivity index (χ3v) is 5.52. The van der Waals surface area contributed by atoms with E-state index in [0.717, 1.165) is 5.69 Å². The van der Waals surface area contributed by atoms with Crippen LogP contribution in [0.15, 0.2) is 42.5 Å². The molecule has 1 aliphatic carbocycles. The number of carbonyl (C=O) groups is 1. The molecule has 0 amide bonds. The van der Waals surface area contributed by atoms with Gasteiger partial charge in [0.1, 0.15) is 0 Å². The number of nitrogens with one attached hydrogen (secondary N) is 1. The molecule has 1 aliphatic rings. The van der Waals surface area contributed by atoms with Crippen molar-refractivity contribution >= 4 is 11.7 Å². The summed E-state index contributed by atoms with van der Waals surface area (Å²) >= 11 is 0. The highest BCUT2D eigenvalue weighted by molar-refractivity contribution is 5.88. The molecule has 0 saturated carbocycles. The number of hydrogen-bond donors (Lipinski definition) is 2. The van der Waals surface area contributed by atoms with E-state index in [0.29, 0.717) is 12.1 Å².